The minimum Gasteiger partial charge on any atom is -0.484 e. The van der Waals surface area contributed by atoms with Crippen LogP contribution in [0.3, 0.4) is 0 Å². The number of carbonyl (C=O) groups is 1. The fourth-order valence-corrected chi connectivity index (χ4v) is 1.73. The molecule has 0 radical (unpaired) electrons. The molecule has 1 aromatic carbocycles. The molecule has 2 aromatic rings. The van der Waals surface area contributed by atoms with E-state index in [9.17, 15) is 4.79 Å². The van der Waals surface area contributed by atoms with Gasteiger partial charge in [0.15, 0.2) is 6.61 Å². The summed E-state index contributed by atoms with van der Waals surface area (Å²) in [5, 5.41) is 9.41. The Labute approximate surface area is 112 Å². The number of benzene rings is 1. The molecule has 0 fully saturated rings. The van der Waals surface area contributed by atoms with Gasteiger partial charge in [0.1, 0.15) is 5.75 Å². The molecule has 0 bridgehead atoms. The van der Waals surface area contributed by atoms with Crippen LogP contribution in [0.5, 0.6) is 5.75 Å². The predicted molar refractivity (Wildman–Crippen MR) is 71.8 cm³/mol. The Morgan fingerprint density at radius 1 is 1.47 bits per heavy atom. The van der Waals surface area contributed by atoms with Gasteiger partial charge in [-0.3, -0.25) is 9.89 Å². The van der Waals surface area contributed by atoms with Crippen molar-refractivity contribution < 1.29 is 9.53 Å². The fraction of sp³-hybridized carbons (Fsp3) is 0.286. The number of ether oxygens (including phenoxy) is 1. The maximum absolute atomic E-state index is 11.8. The largest absolute Gasteiger partial charge is 0.484 e. The van der Waals surface area contributed by atoms with E-state index in [1.54, 1.807) is 12.4 Å². The van der Waals surface area contributed by atoms with Crippen LogP contribution in [0.1, 0.15) is 24.1 Å². The lowest BCUT2D eigenvalue weighted by molar-refractivity contribution is -0.123. The van der Waals surface area contributed by atoms with Gasteiger partial charge in [0.2, 0.25) is 0 Å². The summed E-state index contributed by atoms with van der Waals surface area (Å²) in [6.07, 6.45) is 3.44. The molecule has 5 nitrogen and oxygen atoms in total. The first-order valence-electron chi connectivity index (χ1n) is 6.13. The molecule has 0 saturated carbocycles. The van der Waals surface area contributed by atoms with Crippen molar-refractivity contribution in [2.75, 3.05) is 6.61 Å². The lowest BCUT2D eigenvalue weighted by atomic mass is 10.2. The highest BCUT2D eigenvalue weighted by molar-refractivity contribution is 5.78. The number of aromatic amines is 1. The van der Waals surface area contributed by atoms with Crippen molar-refractivity contribution in [2.24, 2.45) is 0 Å². The number of amides is 1. The molecule has 0 saturated heterocycles. The molecule has 1 unspecified atom stereocenters. The van der Waals surface area contributed by atoms with E-state index in [-0.39, 0.29) is 18.6 Å². The normalized spacial score (nSPS) is 11.9. The minimum absolute atomic E-state index is 0.00699. The van der Waals surface area contributed by atoms with E-state index >= 15 is 0 Å². The molecule has 0 aliphatic carbocycles. The Bertz CT molecular complexity index is 537. The van der Waals surface area contributed by atoms with Gasteiger partial charge in [0.05, 0.1) is 12.2 Å². The zero-order valence-electron chi connectivity index (χ0n) is 11.0. The van der Waals surface area contributed by atoms with E-state index in [0.717, 1.165) is 16.9 Å². The first-order chi connectivity index (χ1) is 9.16. The van der Waals surface area contributed by atoms with Crippen LogP contribution in [0, 0.1) is 6.92 Å². The van der Waals surface area contributed by atoms with E-state index in [1.807, 2.05) is 38.1 Å². The Morgan fingerprint density at radius 2 is 2.26 bits per heavy atom. The van der Waals surface area contributed by atoms with Crippen LogP contribution in [-0.2, 0) is 4.79 Å². The smallest absolute Gasteiger partial charge is 0.258 e. The summed E-state index contributed by atoms with van der Waals surface area (Å²) in [5.74, 6) is 0.575. The van der Waals surface area contributed by atoms with Gasteiger partial charge in [-0.05, 0) is 25.5 Å². The highest BCUT2D eigenvalue weighted by Crippen LogP contribution is 2.16. The SMILES string of the molecule is Cc1ccccc1OCC(=O)NC(C)c1cn[nH]c1. The number of aromatic nitrogens is 2. The van der Waals surface area contributed by atoms with Gasteiger partial charge in [-0.25, -0.2) is 0 Å². The molecule has 0 aliphatic heterocycles. The number of aryl methyl sites for hydroxylation is 1. The summed E-state index contributed by atoms with van der Waals surface area (Å²) >= 11 is 0. The molecule has 1 heterocycles. The average Bonchev–Trinajstić information content (AvgIpc) is 2.91. The summed E-state index contributed by atoms with van der Waals surface area (Å²) in [6, 6.07) is 7.52. The molecule has 1 aromatic heterocycles. The zero-order valence-corrected chi connectivity index (χ0v) is 11.0. The molecular weight excluding hydrogens is 242 g/mol. The molecule has 0 spiro atoms. The van der Waals surface area contributed by atoms with Crippen LogP contribution >= 0.6 is 0 Å². The number of nitrogens with zero attached hydrogens (tertiary/aromatic N) is 1. The maximum atomic E-state index is 11.8. The summed E-state index contributed by atoms with van der Waals surface area (Å²) in [4.78, 5) is 11.8. The Morgan fingerprint density at radius 3 is 2.95 bits per heavy atom. The van der Waals surface area contributed by atoms with Crippen LogP contribution in [-0.4, -0.2) is 22.7 Å². The van der Waals surface area contributed by atoms with Gasteiger partial charge >= 0.3 is 0 Å². The van der Waals surface area contributed by atoms with Crippen LogP contribution < -0.4 is 10.1 Å². The average molecular weight is 259 g/mol. The van der Waals surface area contributed by atoms with Gasteiger partial charge in [-0.15, -0.1) is 0 Å². The topological polar surface area (TPSA) is 67.0 Å². The Balaban J connectivity index is 1.84. The lowest BCUT2D eigenvalue weighted by Gasteiger charge is -2.13. The third-order valence-corrected chi connectivity index (χ3v) is 2.85. The first kappa shape index (κ1) is 13.1. The molecule has 2 rings (SSSR count). The van der Waals surface area contributed by atoms with Crippen LogP contribution in [0.25, 0.3) is 0 Å². The van der Waals surface area contributed by atoms with Crippen molar-refractivity contribution in [3.05, 3.63) is 47.8 Å². The van der Waals surface area contributed by atoms with Gasteiger partial charge in [-0.2, -0.15) is 5.10 Å². The van der Waals surface area contributed by atoms with Gasteiger partial charge in [-0.1, -0.05) is 18.2 Å². The van der Waals surface area contributed by atoms with Crippen molar-refractivity contribution >= 4 is 5.91 Å². The maximum Gasteiger partial charge on any atom is 0.258 e. The molecule has 19 heavy (non-hydrogen) atoms. The Kier molecular flexibility index (Phi) is 4.18. The van der Waals surface area contributed by atoms with E-state index in [2.05, 4.69) is 15.5 Å². The third kappa shape index (κ3) is 3.58. The fourth-order valence-electron chi connectivity index (χ4n) is 1.73. The number of hydrogen-bond acceptors (Lipinski definition) is 3. The highest BCUT2D eigenvalue weighted by Gasteiger charge is 2.11. The second-order valence-corrected chi connectivity index (χ2v) is 4.38. The number of H-pyrrole nitrogens is 1. The summed E-state index contributed by atoms with van der Waals surface area (Å²) in [5.41, 5.74) is 1.95. The highest BCUT2D eigenvalue weighted by atomic mass is 16.5. The van der Waals surface area contributed by atoms with Crippen LogP contribution in [0.15, 0.2) is 36.7 Å². The van der Waals surface area contributed by atoms with Crippen molar-refractivity contribution in [3.63, 3.8) is 0 Å². The van der Waals surface area contributed by atoms with Crippen LogP contribution in [0.2, 0.25) is 0 Å². The van der Waals surface area contributed by atoms with E-state index < -0.39 is 0 Å². The molecular formula is C14H17N3O2. The number of hydrogen-bond donors (Lipinski definition) is 2. The monoisotopic (exact) mass is 259 g/mol. The third-order valence-electron chi connectivity index (χ3n) is 2.85. The number of para-hydroxylation sites is 1. The number of carbonyl (C=O) groups excluding carboxylic acids is 1. The van der Waals surface area contributed by atoms with Gasteiger partial charge in [0.25, 0.3) is 5.91 Å². The molecule has 1 atom stereocenters. The van der Waals surface area contributed by atoms with Gasteiger partial charge in [0, 0.05) is 11.8 Å². The molecule has 5 heteroatoms. The second kappa shape index (κ2) is 6.04. The molecule has 0 aliphatic rings. The molecule has 1 amide bonds. The quantitative estimate of drug-likeness (QED) is 0.862. The summed E-state index contributed by atoms with van der Waals surface area (Å²) in [6.45, 7) is 3.85. The van der Waals surface area contributed by atoms with E-state index in [1.165, 1.54) is 0 Å². The predicted octanol–water partition coefficient (Wildman–Crippen LogP) is 1.97. The van der Waals surface area contributed by atoms with Crippen molar-refractivity contribution in [2.45, 2.75) is 19.9 Å². The summed E-state index contributed by atoms with van der Waals surface area (Å²) in [7, 11) is 0. The van der Waals surface area contributed by atoms with E-state index in [0.29, 0.717) is 0 Å². The van der Waals surface area contributed by atoms with Crippen molar-refractivity contribution in [1.29, 1.82) is 0 Å². The number of nitrogens with one attached hydrogen (secondary N) is 2. The van der Waals surface area contributed by atoms with Crippen molar-refractivity contribution in [3.8, 4) is 5.75 Å². The van der Waals surface area contributed by atoms with E-state index in [4.69, 9.17) is 4.74 Å². The van der Waals surface area contributed by atoms with Crippen LogP contribution in [0.4, 0.5) is 0 Å². The minimum atomic E-state index is -0.156. The Hall–Kier alpha value is -2.30. The molecule has 100 valence electrons. The summed E-state index contributed by atoms with van der Waals surface area (Å²) < 4.78 is 5.48. The molecule has 2 N–H and O–H groups in total. The van der Waals surface area contributed by atoms with Crippen molar-refractivity contribution in [1.82, 2.24) is 15.5 Å². The number of rotatable bonds is 5. The van der Waals surface area contributed by atoms with Gasteiger partial charge < -0.3 is 10.1 Å². The second-order valence-electron chi connectivity index (χ2n) is 4.38. The lowest BCUT2D eigenvalue weighted by Crippen LogP contribution is -2.31. The standard InChI is InChI=1S/C14H17N3O2/c1-10-5-3-4-6-13(10)19-9-14(18)17-11(2)12-7-15-16-8-12/h3-8,11H,9H2,1-2H3,(H,15,16)(H,17,18). The first-order valence-corrected chi connectivity index (χ1v) is 6.13. The zero-order chi connectivity index (χ0) is 13.7.